The number of carbonyl (C=O) groups is 1. The number of anilines is 1. The number of piperazine rings is 1. The van der Waals surface area contributed by atoms with Crippen LogP contribution in [0.15, 0.2) is 30.0 Å². The van der Waals surface area contributed by atoms with Crippen LogP contribution >= 0.6 is 11.3 Å². The normalized spacial score (nSPS) is 15.6. The van der Waals surface area contributed by atoms with Gasteiger partial charge in [0.2, 0.25) is 11.9 Å². The Morgan fingerprint density at radius 1 is 1.13 bits per heavy atom. The maximum atomic E-state index is 12.0. The first-order chi connectivity index (χ1) is 11.3. The van der Waals surface area contributed by atoms with Crippen molar-refractivity contribution in [2.24, 2.45) is 0 Å². The number of carbonyl (C=O) groups excluding carboxylic acids is 1. The molecule has 0 bridgehead atoms. The fourth-order valence-corrected chi connectivity index (χ4v) is 3.13. The van der Waals surface area contributed by atoms with E-state index < -0.39 is 0 Å². The van der Waals surface area contributed by atoms with Crippen molar-refractivity contribution in [2.45, 2.75) is 6.42 Å². The largest absolute Gasteiger partial charge is 0.355 e. The Kier molecular flexibility index (Phi) is 5.49. The molecule has 0 radical (unpaired) electrons. The summed E-state index contributed by atoms with van der Waals surface area (Å²) in [4.78, 5) is 29.0. The molecule has 1 saturated heterocycles. The second-order valence-corrected chi connectivity index (χ2v) is 6.32. The zero-order chi connectivity index (χ0) is 15.9. The number of hydrogen-bond acceptors (Lipinski definition) is 7. The quantitative estimate of drug-likeness (QED) is 0.826. The van der Waals surface area contributed by atoms with Crippen LogP contribution in [0, 0.1) is 0 Å². The Labute approximate surface area is 139 Å². The molecule has 1 amide bonds. The summed E-state index contributed by atoms with van der Waals surface area (Å²) in [5.41, 5.74) is 0. The molecular formula is C15H20N6OS. The van der Waals surface area contributed by atoms with Crippen molar-refractivity contribution in [3.63, 3.8) is 0 Å². The van der Waals surface area contributed by atoms with Crippen LogP contribution in [0.4, 0.5) is 5.95 Å². The average molecular weight is 332 g/mol. The minimum atomic E-state index is 0.0750. The van der Waals surface area contributed by atoms with Crippen molar-refractivity contribution in [1.82, 2.24) is 25.2 Å². The molecule has 7 nitrogen and oxygen atoms in total. The highest BCUT2D eigenvalue weighted by Crippen LogP contribution is 2.09. The SMILES string of the molecule is O=C(CN1CCN(c2ncccn2)CC1)NCCc1nccs1. The van der Waals surface area contributed by atoms with Gasteiger partial charge < -0.3 is 10.2 Å². The molecule has 0 unspecified atom stereocenters. The molecule has 1 aliphatic rings. The Balaban J connectivity index is 1.36. The van der Waals surface area contributed by atoms with Crippen LogP contribution in [0.5, 0.6) is 0 Å². The molecule has 0 spiro atoms. The molecule has 3 heterocycles. The smallest absolute Gasteiger partial charge is 0.234 e. The second kappa shape index (κ2) is 7.98. The summed E-state index contributed by atoms with van der Waals surface area (Å²) in [6.07, 6.45) is 6.09. The van der Waals surface area contributed by atoms with Crippen molar-refractivity contribution >= 4 is 23.2 Å². The van der Waals surface area contributed by atoms with Gasteiger partial charge in [0.25, 0.3) is 0 Å². The van der Waals surface area contributed by atoms with Gasteiger partial charge in [0.1, 0.15) is 0 Å². The second-order valence-electron chi connectivity index (χ2n) is 5.34. The van der Waals surface area contributed by atoms with Crippen molar-refractivity contribution < 1.29 is 4.79 Å². The van der Waals surface area contributed by atoms with Gasteiger partial charge in [-0.25, -0.2) is 15.0 Å². The highest BCUT2D eigenvalue weighted by Gasteiger charge is 2.20. The van der Waals surface area contributed by atoms with Crippen LogP contribution < -0.4 is 10.2 Å². The Bertz CT molecular complexity index is 598. The third-order valence-corrected chi connectivity index (χ3v) is 4.56. The maximum Gasteiger partial charge on any atom is 0.234 e. The predicted octanol–water partition coefficient (Wildman–Crippen LogP) is 0.414. The molecule has 3 rings (SSSR count). The number of hydrogen-bond donors (Lipinski definition) is 1. The van der Waals surface area contributed by atoms with Crippen LogP contribution in [0.2, 0.25) is 0 Å². The molecule has 0 saturated carbocycles. The molecular weight excluding hydrogens is 312 g/mol. The van der Waals surface area contributed by atoms with Gasteiger partial charge in [0.05, 0.1) is 11.6 Å². The van der Waals surface area contributed by atoms with E-state index in [2.05, 4.69) is 30.1 Å². The van der Waals surface area contributed by atoms with Crippen LogP contribution in [0.25, 0.3) is 0 Å². The molecule has 1 fully saturated rings. The zero-order valence-electron chi connectivity index (χ0n) is 12.9. The van der Waals surface area contributed by atoms with Crippen LogP contribution in [-0.2, 0) is 11.2 Å². The average Bonchev–Trinajstić information content (AvgIpc) is 3.10. The van der Waals surface area contributed by atoms with E-state index in [0.717, 1.165) is 43.6 Å². The van der Waals surface area contributed by atoms with Crippen LogP contribution in [0.3, 0.4) is 0 Å². The first kappa shape index (κ1) is 15.8. The summed E-state index contributed by atoms with van der Waals surface area (Å²) in [5.74, 6) is 0.839. The molecule has 0 aliphatic carbocycles. The van der Waals surface area contributed by atoms with Gasteiger partial charge >= 0.3 is 0 Å². The van der Waals surface area contributed by atoms with Crippen molar-refractivity contribution in [3.8, 4) is 0 Å². The van der Waals surface area contributed by atoms with E-state index in [0.29, 0.717) is 13.1 Å². The summed E-state index contributed by atoms with van der Waals surface area (Å²) in [5, 5.41) is 5.97. The number of thiazole rings is 1. The minimum absolute atomic E-state index is 0.0750. The summed E-state index contributed by atoms with van der Waals surface area (Å²) >= 11 is 1.62. The van der Waals surface area contributed by atoms with Crippen LogP contribution in [0.1, 0.15) is 5.01 Å². The number of rotatable bonds is 6. The minimum Gasteiger partial charge on any atom is -0.355 e. The van der Waals surface area contributed by atoms with E-state index in [1.165, 1.54) is 0 Å². The fraction of sp³-hybridized carbons (Fsp3) is 0.467. The van der Waals surface area contributed by atoms with E-state index in [1.54, 1.807) is 29.9 Å². The summed E-state index contributed by atoms with van der Waals surface area (Å²) in [7, 11) is 0. The molecule has 0 atom stereocenters. The molecule has 2 aromatic heterocycles. The number of amides is 1. The van der Waals surface area contributed by atoms with Gasteiger partial charge in [-0.1, -0.05) is 0 Å². The Morgan fingerprint density at radius 3 is 2.61 bits per heavy atom. The zero-order valence-corrected chi connectivity index (χ0v) is 13.7. The molecule has 1 N–H and O–H groups in total. The van der Waals surface area contributed by atoms with E-state index in [4.69, 9.17) is 0 Å². The topological polar surface area (TPSA) is 74.2 Å². The molecule has 2 aromatic rings. The van der Waals surface area contributed by atoms with E-state index >= 15 is 0 Å². The van der Waals surface area contributed by atoms with Crippen molar-refractivity contribution in [2.75, 3.05) is 44.2 Å². The van der Waals surface area contributed by atoms with E-state index in [-0.39, 0.29) is 5.91 Å². The molecule has 8 heteroatoms. The Morgan fingerprint density at radius 2 is 1.91 bits per heavy atom. The Hall–Kier alpha value is -2.06. The predicted molar refractivity (Wildman–Crippen MR) is 89.5 cm³/mol. The lowest BCUT2D eigenvalue weighted by atomic mass is 10.3. The van der Waals surface area contributed by atoms with Gasteiger partial charge in [-0.15, -0.1) is 11.3 Å². The van der Waals surface area contributed by atoms with Crippen molar-refractivity contribution in [1.29, 1.82) is 0 Å². The van der Waals surface area contributed by atoms with E-state index in [9.17, 15) is 4.79 Å². The van der Waals surface area contributed by atoms with Gasteiger partial charge in [-0.05, 0) is 6.07 Å². The van der Waals surface area contributed by atoms with Gasteiger partial charge in [0, 0.05) is 63.1 Å². The lowest BCUT2D eigenvalue weighted by molar-refractivity contribution is -0.122. The number of nitrogens with one attached hydrogen (secondary N) is 1. The van der Waals surface area contributed by atoms with Gasteiger partial charge in [-0.3, -0.25) is 9.69 Å². The summed E-state index contributed by atoms with van der Waals surface area (Å²) < 4.78 is 0. The summed E-state index contributed by atoms with van der Waals surface area (Å²) in [6, 6.07) is 1.82. The van der Waals surface area contributed by atoms with Crippen LogP contribution in [-0.4, -0.2) is 65.0 Å². The summed E-state index contributed by atoms with van der Waals surface area (Å²) in [6.45, 7) is 4.47. The standard InChI is InChI=1S/C15H20N6OS/c22-13(16-5-2-14-17-6-11-23-14)12-20-7-9-21(10-8-20)15-18-3-1-4-19-15/h1,3-4,6,11H,2,5,7-10,12H2,(H,16,22). The first-order valence-corrected chi connectivity index (χ1v) is 8.58. The third kappa shape index (κ3) is 4.70. The maximum absolute atomic E-state index is 12.0. The molecule has 0 aromatic carbocycles. The third-order valence-electron chi connectivity index (χ3n) is 3.72. The number of nitrogens with zero attached hydrogens (tertiary/aromatic N) is 5. The lowest BCUT2D eigenvalue weighted by Crippen LogP contribution is -2.50. The molecule has 122 valence electrons. The monoisotopic (exact) mass is 332 g/mol. The van der Waals surface area contributed by atoms with Gasteiger partial charge in [-0.2, -0.15) is 0 Å². The highest BCUT2D eigenvalue weighted by atomic mass is 32.1. The van der Waals surface area contributed by atoms with E-state index in [1.807, 2.05) is 11.4 Å². The highest BCUT2D eigenvalue weighted by molar-refractivity contribution is 7.09. The first-order valence-electron chi connectivity index (χ1n) is 7.70. The molecule has 23 heavy (non-hydrogen) atoms. The van der Waals surface area contributed by atoms with Gasteiger partial charge in [0.15, 0.2) is 0 Å². The fourth-order valence-electron chi connectivity index (χ4n) is 2.50. The number of aromatic nitrogens is 3. The van der Waals surface area contributed by atoms with Crippen molar-refractivity contribution in [3.05, 3.63) is 35.0 Å². The molecule has 1 aliphatic heterocycles. The lowest BCUT2D eigenvalue weighted by Gasteiger charge is -2.34.